The third-order valence-electron chi connectivity index (χ3n) is 5.18. The van der Waals surface area contributed by atoms with Gasteiger partial charge in [-0.15, -0.1) is 24.8 Å². The van der Waals surface area contributed by atoms with Crippen molar-refractivity contribution >= 4 is 30.7 Å². The van der Waals surface area contributed by atoms with E-state index in [-0.39, 0.29) is 49.3 Å². The first kappa shape index (κ1) is 25.4. The number of hydrogen-bond acceptors (Lipinski definition) is 4. The average Bonchev–Trinajstić information content (AvgIpc) is 2.69. The maximum atomic E-state index is 12.3. The zero-order chi connectivity index (χ0) is 19.1. The number of aliphatic hydroxyl groups excluding tert-OH is 1. The fraction of sp³-hybridized carbons (Fsp3) is 0.409. The van der Waals surface area contributed by atoms with Gasteiger partial charge in [0.2, 0.25) is 5.91 Å². The number of aliphatic hydroxyl groups is 1. The van der Waals surface area contributed by atoms with Crippen molar-refractivity contribution in [3.8, 4) is 0 Å². The van der Waals surface area contributed by atoms with Crippen molar-refractivity contribution in [2.24, 2.45) is 5.73 Å². The summed E-state index contributed by atoms with van der Waals surface area (Å²) in [7, 11) is 0. The number of halogens is 2. The van der Waals surface area contributed by atoms with Crippen LogP contribution in [-0.2, 0) is 17.9 Å². The van der Waals surface area contributed by atoms with Crippen LogP contribution in [0.15, 0.2) is 54.6 Å². The van der Waals surface area contributed by atoms with E-state index in [0.29, 0.717) is 6.54 Å². The van der Waals surface area contributed by atoms with Crippen molar-refractivity contribution in [2.75, 3.05) is 13.1 Å². The third-order valence-corrected chi connectivity index (χ3v) is 5.18. The summed E-state index contributed by atoms with van der Waals surface area (Å²) < 4.78 is 0. The number of benzene rings is 2. The predicted molar refractivity (Wildman–Crippen MR) is 121 cm³/mol. The number of rotatable bonds is 7. The Morgan fingerprint density at radius 1 is 1.03 bits per heavy atom. The second kappa shape index (κ2) is 12.8. The first-order valence-electron chi connectivity index (χ1n) is 9.66. The summed E-state index contributed by atoms with van der Waals surface area (Å²) in [5.41, 5.74) is 9.47. The lowest BCUT2D eigenvalue weighted by Crippen LogP contribution is -2.35. The first-order valence-corrected chi connectivity index (χ1v) is 9.66. The molecule has 0 radical (unpaired) electrons. The highest BCUT2D eigenvalue weighted by atomic mass is 35.5. The Labute approximate surface area is 185 Å². The Balaban J connectivity index is 0.00000210. The maximum Gasteiger partial charge on any atom is 0.222 e. The summed E-state index contributed by atoms with van der Waals surface area (Å²) in [6.07, 6.45) is 1.77. The van der Waals surface area contributed by atoms with Crippen LogP contribution in [0, 0.1) is 0 Å². The zero-order valence-electron chi connectivity index (χ0n) is 16.5. The van der Waals surface area contributed by atoms with Gasteiger partial charge in [0.1, 0.15) is 0 Å². The molecule has 1 fully saturated rings. The molecule has 1 heterocycles. The van der Waals surface area contributed by atoms with Crippen LogP contribution in [0.25, 0.3) is 0 Å². The molecule has 7 heteroatoms. The number of nitrogens with two attached hydrogens (primary N) is 1. The monoisotopic (exact) mass is 439 g/mol. The minimum absolute atomic E-state index is 0. The molecule has 0 saturated carbocycles. The summed E-state index contributed by atoms with van der Waals surface area (Å²) in [4.78, 5) is 14.7. The fourth-order valence-corrected chi connectivity index (χ4v) is 3.49. The van der Waals surface area contributed by atoms with Crippen LogP contribution in [-0.4, -0.2) is 35.1 Å². The van der Waals surface area contributed by atoms with E-state index in [1.54, 1.807) is 0 Å². The number of piperidine rings is 1. The van der Waals surface area contributed by atoms with E-state index in [1.165, 1.54) is 5.56 Å². The highest BCUT2D eigenvalue weighted by molar-refractivity contribution is 5.85. The van der Waals surface area contributed by atoms with Gasteiger partial charge < -0.3 is 16.2 Å². The average molecular weight is 440 g/mol. The third kappa shape index (κ3) is 7.96. The Morgan fingerprint density at radius 2 is 1.62 bits per heavy atom. The van der Waals surface area contributed by atoms with E-state index in [0.717, 1.165) is 43.6 Å². The summed E-state index contributed by atoms with van der Waals surface area (Å²) in [5.74, 6) is -0.0396. The van der Waals surface area contributed by atoms with E-state index in [9.17, 15) is 9.90 Å². The number of carbonyl (C=O) groups excluding carboxylic acids is 1. The number of hydrogen-bond donors (Lipinski definition) is 3. The summed E-state index contributed by atoms with van der Waals surface area (Å²) in [5, 5.41) is 12.7. The normalized spacial score (nSPS) is 15.7. The van der Waals surface area contributed by atoms with Crippen molar-refractivity contribution in [1.29, 1.82) is 0 Å². The van der Waals surface area contributed by atoms with E-state index in [4.69, 9.17) is 5.73 Å². The molecule has 0 spiro atoms. The second-order valence-electron chi connectivity index (χ2n) is 7.27. The van der Waals surface area contributed by atoms with Gasteiger partial charge in [-0.2, -0.15) is 0 Å². The number of nitrogens with zero attached hydrogens (tertiary/aromatic N) is 1. The molecule has 1 aliphatic rings. The standard InChI is InChI=1S/C22H29N3O2.2ClH/c23-21(17-6-2-1-3-7-17)14-22(27)24-15-18-8-4-5-9-19(18)16-25-12-10-20(26)11-13-25;;/h1-9,20-21,26H,10-16,23H2,(H,24,27);2*1H. The van der Waals surface area contributed by atoms with Crippen LogP contribution < -0.4 is 11.1 Å². The van der Waals surface area contributed by atoms with Crippen molar-refractivity contribution in [3.05, 3.63) is 71.3 Å². The summed E-state index contributed by atoms with van der Waals surface area (Å²) in [6, 6.07) is 17.6. The van der Waals surface area contributed by atoms with Gasteiger partial charge in [0.15, 0.2) is 0 Å². The van der Waals surface area contributed by atoms with Gasteiger partial charge >= 0.3 is 0 Å². The first-order chi connectivity index (χ1) is 13.1. The van der Waals surface area contributed by atoms with Crippen LogP contribution in [0.5, 0.6) is 0 Å². The summed E-state index contributed by atoms with van der Waals surface area (Å²) >= 11 is 0. The number of nitrogens with one attached hydrogen (secondary N) is 1. The Morgan fingerprint density at radius 3 is 2.28 bits per heavy atom. The number of amides is 1. The maximum absolute atomic E-state index is 12.3. The smallest absolute Gasteiger partial charge is 0.222 e. The molecule has 1 amide bonds. The van der Waals surface area contributed by atoms with Gasteiger partial charge in [0.05, 0.1) is 6.10 Å². The van der Waals surface area contributed by atoms with Crippen LogP contribution >= 0.6 is 24.8 Å². The van der Waals surface area contributed by atoms with Crippen LogP contribution in [0.2, 0.25) is 0 Å². The second-order valence-corrected chi connectivity index (χ2v) is 7.27. The molecule has 0 bridgehead atoms. The highest BCUT2D eigenvalue weighted by Crippen LogP contribution is 2.17. The van der Waals surface area contributed by atoms with Crippen molar-refractivity contribution in [2.45, 2.75) is 44.5 Å². The van der Waals surface area contributed by atoms with Gasteiger partial charge in [-0.25, -0.2) is 0 Å². The molecule has 2 aromatic carbocycles. The number of carbonyl (C=O) groups is 1. The molecule has 2 aromatic rings. The number of likely N-dealkylation sites (tertiary alicyclic amines) is 1. The lowest BCUT2D eigenvalue weighted by Gasteiger charge is -2.30. The van der Waals surface area contributed by atoms with Crippen LogP contribution in [0.4, 0.5) is 0 Å². The van der Waals surface area contributed by atoms with E-state index < -0.39 is 0 Å². The van der Waals surface area contributed by atoms with Gasteiger partial charge in [-0.05, 0) is 29.5 Å². The molecular formula is C22H31Cl2N3O2. The largest absolute Gasteiger partial charge is 0.393 e. The van der Waals surface area contributed by atoms with E-state index in [2.05, 4.69) is 22.3 Å². The molecule has 1 saturated heterocycles. The quantitative estimate of drug-likeness (QED) is 0.618. The zero-order valence-corrected chi connectivity index (χ0v) is 18.1. The minimum atomic E-state index is -0.291. The molecule has 5 nitrogen and oxygen atoms in total. The van der Waals surface area contributed by atoms with Crippen molar-refractivity contribution in [1.82, 2.24) is 10.2 Å². The topological polar surface area (TPSA) is 78.6 Å². The fourth-order valence-electron chi connectivity index (χ4n) is 3.49. The van der Waals surface area contributed by atoms with Gasteiger partial charge in [0, 0.05) is 38.6 Å². The van der Waals surface area contributed by atoms with Gasteiger partial charge in [-0.1, -0.05) is 54.6 Å². The van der Waals surface area contributed by atoms with Crippen LogP contribution in [0.3, 0.4) is 0 Å². The SMILES string of the molecule is Cl.Cl.NC(CC(=O)NCc1ccccc1CN1CCC(O)CC1)c1ccccc1. The highest BCUT2D eigenvalue weighted by Gasteiger charge is 2.18. The van der Waals surface area contributed by atoms with Crippen molar-refractivity contribution < 1.29 is 9.90 Å². The lowest BCUT2D eigenvalue weighted by atomic mass is 10.0. The molecule has 1 aliphatic heterocycles. The Hall–Kier alpha value is -1.63. The molecular weight excluding hydrogens is 409 g/mol. The molecule has 1 atom stereocenters. The Kier molecular flexibility index (Phi) is 11.2. The van der Waals surface area contributed by atoms with Gasteiger partial charge in [-0.3, -0.25) is 9.69 Å². The molecule has 0 aromatic heterocycles. The Bertz CT molecular complexity index is 738. The van der Waals surface area contributed by atoms with Gasteiger partial charge in [0.25, 0.3) is 0 Å². The molecule has 29 heavy (non-hydrogen) atoms. The minimum Gasteiger partial charge on any atom is -0.393 e. The predicted octanol–water partition coefficient (Wildman–Crippen LogP) is 3.19. The molecule has 4 N–H and O–H groups in total. The van der Waals surface area contributed by atoms with E-state index >= 15 is 0 Å². The molecule has 1 unspecified atom stereocenters. The molecule has 160 valence electrons. The van der Waals surface area contributed by atoms with E-state index in [1.807, 2.05) is 42.5 Å². The van der Waals surface area contributed by atoms with Crippen LogP contribution in [0.1, 0.15) is 42.0 Å². The molecule has 0 aliphatic carbocycles. The van der Waals surface area contributed by atoms with Crippen molar-refractivity contribution in [3.63, 3.8) is 0 Å². The summed E-state index contributed by atoms with van der Waals surface area (Å²) in [6.45, 7) is 3.18. The lowest BCUT2D eigenvalue weighted by molar-refractivity contribution is -0.121. The molecule has 3 rings (SSSR count).